The van der Waals surface area contributed by atoms with Crippen molar-refractivity contribution in [3.8, 4) is 0 Å². The second kappa shape index (κ2) is 7.27. The number of likely N-dealkylation sites (N-methyl/N-ethyl adjacent to an activating group) is 1. The van der Waals surface area contributed by atoms with Crippen LogP contribution in [0.1, 0.15) is 33.6 Å². The summed E-state index contributed by atoms with van der Waals surface area (Å²) in [5, 5.41) is 0.369. The summed E-state index contributed by atoms with van der Waals surface area (Å²) in [7, 11) is 1.93. The molecule has 0 saturated carbocycles. The molecule has 0 radical (unpaired) electrons. The molecule has 1 fully saturated rings. The van der Waals surface area contributed by atoms with Crippen molar-refractivity contribution in [1.29, 1.82) is 0 Å². The van der Waals surface area contributed by atoms with Crippen LogP contribution in [-0.2, 0) is 4.74 Å². The number of hydrogen-bond acceptors (Lipinski definition) is 5. The van der Waals surface area contributed by atoms with Crippen LogP contribution in [0.2, 0.25) is 5.15 Å². The highest BCUT2D eigenvalue weighted by Crippen LogP contribution is 2.27. The van der Waals surface area contributed by atoms with E-state index in [-0.39, 0.29) is 12.1 Å². The van der Waals surface area contributed by atoms with Crippen LogP contribution in [0.5, 0.6) is 0 Å². The highest BCUT2D eigenvalue weighted by atomic mass is 35.5. The van der Waals surface area contributed by atoms with Gasteiger partial charge in [0.25, 0.3) is 0 Å². The molecular formula is C19H25ClN4O2. The van der Waals surface area contributed by atoms with E-state index in [4.69, 9.17) is 16.3 Å². The topological polar surface area (TPSA) is 58.6 Å². The smallest absolute Gasteiger partial charge is 0.410 e. The largest absolute Gasteiger partial charge is 0.444 e. The molecule has 26 heavy (non-hydrogen) atoms. The van der Waals surface area contributed by atoms with Gasteiger partial charge in [-0.3, -0.25) is 0 Å². The Hall–Kier alpha value is -2.08. The van der Waals surface area contributed by atoms with Gasteiger partial charge in [-0.15, -0.1) is 0 Å². The normalized spacial score (nSPS) is 17.6. The average molecular weight is 377 g/mol. The van der Waals surface area contributed by atoms with Gasteiger partial charge in [0.1, 0.15) is 5.60 Å². The molecule has 0 N–H and O–H groups in total. The monoisotopic (exact) mass is 376 g/mol. The molecule has 0 unspecified atom stereocenters. The fraction of sp³-hybridized carbons (Fsp3) is 0.526. The molecule has 1 amide bonds. The van der Waals surface area contributed by atoms with Gasteiger partial charge < -0.3 is 14.5 Å². The van der Waals surface area contributed by atoms with Crippen molar-refractivity contribution < 1.29 is 9.53 Å². The van der Waals surface area contributed by atoms with Crippen molar-refractivity contribution in [2.45, 2.75) is 45.3 Å². The van der Waals surface area contributed by atoms with Crippen LogP contribution in [0.4, 0.5) is 10.6 Å². The minimum absolute atomic E-state index is 0.0687. The quantitative estimate of drug-likeness (QED) is 0.806. The fourth-order valence-electron chi connectivity index (χ4n) is 3.20. The molecule has 1 aliphatic rings. The summed E-state index contributed by atoms with van der Waals surface area (Å²) >= 11 is 6.35. The first-order chi connectivity index (χ1) is 12.2. The number of amides is 1. The molecule has 1 aromatic carbocycles. The maximum atomic E-state index is 12.5. The summed E-state index contributed by atoms with van der Waals surface area (Å²) < 4.78 is 5.53. The number of hydrogen-bond donors (Lipinski definition) is 0. The minimum atomic E-state index is -0.497. The van der Waals surface area contributed by atoms with Gasteiger partial charge in [0.2, 0.25) is 0 Å². The first-order valence-corrected chi connectivity index (χ1v) is 9.25. The molecule has 0 spiro atoms. The third kappa shape index (κ3) is 4.18. The molecule has 1 aromatic heterocycles. The summed E-state index contributed by atoms with van der Waals surface area (Å²) in [5.41, 5.74) is 1.07. The summed E-state index contributed by atoms with van der Waals surface area (Å²) in [5.74, 6) is 0.626. The lowest BCUT2D eigenvalue weighted by molar-refractivity contribution is 0.0232. The van der Waals surface area contributed by atoms with Gasteiger partial charge in [0, 0.05) is 20.1 Å². The maximum Gasteiger partial charge on any atom is 0.410 e. The van der Waals surface area contributed by atoms with Crippen molar-refractivity contribution in [3.63, 3.8) is 0 Å². The highest BCUT2D eigenvalue weighted by molar-refractivity contribution is 6.32. The average Bonchev–Trinajstić information content (AvgIpc) is 3.00. The van der Waals surface area contributed by atoms with Crippen molar-refractivity contribution in [1.82, 2.24) is 14.9 Å². The molecule has 6 nitrogen and oxygen atoms in total. The van der Waals surface area contributed by atoms with Gasteiger partial charge in [-0.2, -0.15) is 0 Å². The Balaban J connectivity index is 1.75. The van der Waals surface area contributed by atoms with Crippen LogP contribution in [0.25, 0.3) is 11.0 Å². The first-order valence-electron chi connectivity index (χ1n) is 8.87. The van der Waals surface area contributed by atoms with E-state index in [1.807, 2.05) is 61.9 Å². The zero-order valence-corrected chi connectivity index (χ0v) is 16.5. The maximum absolute atomic E-state index is 12.5. The third-order valence-corrected chi connectivity index (χ3v) is 4.62. The van der Waals surface area contributed by atoms with Crippen molar-refractivity contribution in [2.24, 2.45) is 0 Å². The number of halogens is 1. The number of nitrogens with zero attached hydrogens (tertiary/aromatic N) is 4. The number of aromatic nitrogens is 2. The van der Waals surface area contributed by atoms with Gasteiger partial charge >= 0.3 is 6.09 Å². The molecule has 140 valence electrons. The van der Waals surface area contributed by atoms with Crippen LogP contribution in [-0.4, -0.2) is 52.7 Å². The van der Waals surface area contributed by atoms with Gasteiger partial charge in [-0.1, -0.05) is 23.7 Å². The Morgan fingerprint density at radius 3 is 2.62 bits per heavy atom. The number of carbonyl (C=O) groups is 1. The Morgan fingerprint density at radius 2 is 1.96 bits per heavy atom. The Labute approximate surface area is 159 Å². The van der Waals surface area contributed by atoms with E-state index in [1.54, 1.807) is 0 Å². The summed E-state index contributed by atoms with van der Waals surface area (Å²) in [6.45, 7) is 6.99. The van der Waals surface area contributed by atoms with Crippen molar-refractivity contribution >= 4 is 34.5 Å². The van der Waals surface area contributed by atoms with Gasteiger partial charge in [-0.25, -0.2) is 14.8 Å². The molecule has 3 rings (SSSR count). The number of fused-ring (bicyclic) bond motifs is 1. The number of benzene rings is 1. The zero-order chi connectivity index (χ0) is 18.9. The molecule has 1 aliphatic heterocycles. The molecule has 0 bridgehead atoms. The summed E-state index contributed by atoms with van der Waals surface area (Å²) in [4.78, 5) is 25.3. The standard InChI is InChI=1S/C19H25ClN4O2/c1-19(2,3)26-18(25)24-11-7-8-13(24)12-23(4)17-16(20)21-14-9-5-6-10-15(14)22-17/h5-6,9-10,13H,7-8,11-12H2,1-4H3/t13-/m1/s1. The Morgan fingerprint density at radius 1 is 1.31 bits per heavy atom. The molecule has 1 atom stereocenters. The minimum Gasteiger partial charge on any atom is -0.444 e. The van der Waals surface area contributed by atoms with E-state index >= 15 is 0 Å². The van der Waals surface area contributed by atoms with Gasteiger partial charge in [0.05, 0.1) is 17.1 Å². The van der Waals surface area contributed by atoms with E-state index < -0.39 is 5.60 Å². The first kappa shape index (κ1) is 18.7. The number of rotatable bonds is 3. The van der Waals surface area contributed by atoms with E-state index in [1.165, 1.54) is 0 Å². The van der Waals surface area contributed by atoms with E-state index in [0.29, 0.717) is 24.1 Å². The lowest BCUT2D eigenvalue weighted by atomic mass is 10.2. The van der Waals surface area contributed by atoms with Gasteiger partial charge in [-0.05, 0) is 45.7 Å². The predicted octanol–water partition coefficient (Wildman–Crippen LogP) is 4.12. The summed E-state index contributed by atoms with van der Waals surface area (Å²) in [6.07, 6.45) is 1.64. The van der Waals surface area contributed by atoms with E-state index in [0.717, 1.165) is 23.9 Å². The number of likely N-dealkylation sites (tertiary alicyclic amines) is 1. The highest BCUT2D eigenvalue weighted by Gasteiger charge is 2.33. The van der Waals surface area contributed by atoms with Crippen LogP contribution in [0.15, 0.2) is 24.3 Å². The fourth-order valence-corrected chi connectivity index (χ4v) is 3.48. The predicted molar refractivity (Wildman–Crippen MR) is 104 cm³/mol. The summed E-state index contributed by atoms with van der Waals surface area (Å²) in [6, 6.07) is 7.71. The molecule has 2 heterocycles. The van der Waals surface area contributed by atoms with Crippen molar-refractivity contribution in [2.75, 3.05) is 25.0 Å². The second-order valence-corrected chi connectivity index (χ2v) is 8.04. The van der Waals surface area contributed by atoms with Crippen molar-refractivity contribution in [3.05, 3.63) is 29.4 Å². The molecule has 1 saturated heterocycles. The third-order valence-electron chi connectivity index (χ3n) is 4.36. The molecule has 7 heteroatoms. The van der Waals surface area contributed by atoms with Gasteiger partial charge in [0.15, 0.2) is 11.0 Å². The Bertz CT molecular complexity index is 806. The Kier molecular flexibility index (Phi) is 5.23. The number of ether oxygens (including phenoxy) is 1. The SMILES string of the molecule is CN(C[C@H]1CCCN1C(=O)OC(C)(C)C)c1nc2ccccc2nc1Cl. The second-order valence-electron chi connectivity index (χ2n) is 7.68. The zero-order valence-electron chi connectivity index (χ0n) is 15.7. The number of para-hydroxylation sites is 2. The van der Waals surface area contributed by atoms with Crippen LogP contribution < -0.4 is 4.90 Å². The van der Waals surface area contributed by atoms with Crippen LogP contribution >= 0.6 is 11.6 Å². The molecular weight excluding hydrogens is 352 g/mol. The lowest BCUT2D eigenvalue weighted by Crippen LogP contribution is -2.44. The molecule has 0 aliphatic carbocycles. The number of carbonyl (C=O) groups excluding carboxylic acids is 1. The van der Waals surface area contributed by atoms with Crippen LogP contribution in [0.3, 0.4) is 0 Å². The number of anilines is 1. The van der Waals surface area contributed by atoms with E-state index in [2.05, 4.69) is 9.97 Å². The lowest BCUT2D eigenvalue weighted by Gasteiger charge is -2.31. The van der Waals surface area contributed by atoms with Crippen LogP contribution in [0, 0.1) is 0 Å². The van der Waals surface area contributed by atoms with E-state index in [9.17, 15) is 4.79 Å². The molecule has 2 aromatic rings.